The fourth-order valence-electron chi connectivity index (χ4n) is 3.34. The minimum absolute atomic E-state index is 0.211. The maximum atomic E-state index is 14.1. The van der Waals surface area contributed by atoms with E-state index in [0.29, 0.717) is 56.7 Å². The number of aliphatic imine (C=N–C) groups is 1. The van der Waals surface area contributed by atoms with Crippen LogP contribution in [0.2, 0.25) is 0 Å². The predicted octanol–water partition coefficient (Wildman–Crippen LogP) is 3.15. The summed E-state index contributed by atoms with van der Waals surface area (Å²) in [6.45, 7) is 3.87. The van der Waals surface area contributed by atoms with E-state index in [1.807, 2.05) is 17.0 Å². The summed E-state index contributed by atoms with van der Waals surface area (Å²) >= 11 is 0. The molecule has 0 saturated carbocycles. The first kappa shape index (κ1) is 21.6. The van der Waals surface area contributed by atoms with Crippen LogP contribution in [-0.2, 0) is 4.74 Å². The Balaban J connectivity index is 1.70. The van der Waals surface area contributed by atoms with Crippen molar-refractivity contribution in [2.45, 2.75) is 6.42 Å². The maximum absolute atomic E-state index is 14.1. The lowest BCUT2D eigenvalue weighted by Crippen LogP contribution is -2.51. The van der Waals surface area contributed by atoms with Gasteiger partial charge in [0.15, 0.2) is 5.96 Å². The Hall–Kier alpha value is -3.13. The van der Waals surface area contributed by atoms with Crippen molar-refractivity contribution < 1.29 is 19.0 Å². The first-order chi connectivity index (χ1) is 14.6. The Bertz CT molecular complexity index is 882. The average molecular weight is 414 g/mol. The molecule has 7 nitrogen and oxygen atoms in total. The van der Waals surface area contributed by atoms with Gasteiger partial charge in [-0.2, -0.15) is 0 Å². The molecule has 0 unspecified atom stereocenters. The van der Waals surface area contributed by atoms with Crippen LogP contribution in [-0.4, -0.2) is 68.4 Å². The van der Waals surface area contributed by atoms with Crippen LogP contribution < -0.4 is 10.2 Å². The number of hydrogen-bond acceptors (Lipinski definition) is 4. The smallest absolute Gasteiger partial charge is 0.335 e. The Morgan fingerprint density at radius 2 is 1.93 bits per heavy atom. The van der Waals surface area contributed by atoms with Crippen molar-refractivity contribution in [2.75, 3.05) is 56.7 Å². The zero-order valence-corrected chi connectivity index (χ0v) is 17.1. The van der Waals surface area contributed by atoms with Crippen molar-refractivity contribution in [1.82, 2.24) is 4.90 Å². The molecular formula is C22H27FN4O3. The van der Waals surface area contributed by atoms with E-state index in [9.17, 15) is 14.3 Å². The van der Waals surface area contributed by atoms with Gasteiger partial charge in [-0.05, 0) is 36.8 Å². The molecule has 0 spiro atoms. The zero-order valence-electron chi connectivity index (χ0n) is 17.1. The minimum atomic E-state index is -0.976. The molecule has 2 aromatic carbocycles. The fourth-order valence-corrected chi connectivity index (χ4v) is 3.34. The van der Waals surface area contributed by atoms with Gasteiger partial charge in [0.25, 0.3) is 0 Å². The van der Waals surface area contributed by atoms with Gasteiger partial charge in [-0.3, -0.25) is 4.99 Å². The van der Waals surface area contributed by atoms with Crippen LogP contribution in [0.1, 0.15) is 16.8 Å². The second kappa shape index (κ2) is 10.6. The number of anilines is 2. The number of benzene rings is 2. The average Bonchev–Trinajstić information content (AvgIpc) is 2.76. The molecule has 0 aliphatic carbocycles. The summed E-state index contributed by atoms with van der Waals surface area (Å²) in [5.74, 6) is -0.513. The maximum Gasteiger partial charge on any atom is 0.335 e. The van der Waals surface area contributed by atoms with Gasteiger partial charge in [0.1, 0.15) is 5.82 Å². The summed E-state index contributed by atoms with van der Waals surface area (Å²) in [7, 11) is 1.65. The molecule has 1 aliphatic heterocycles. The lowest BCUT2D eigenvalue weighted by atomic mass is 10.2. The molecule has 2 N–H and O–H groups in total. The first-order valence-electron chi connectivity index (χ1n) is 9.96. The molecular weight excluding hydrogens is 387 g/mol. The summed E-state index contributed by atoms with van der Waals surface area (Å²) in [6, 6.07) is 13.4. The second-order valence-corrected chi connectivity index (χ2v) is 6.99. The summed E-state index contributed by atoms with van der Waals surface area (Å²) in [5, 5.41) is 12.5. The van der Waals surface area contributed by atoms with Gasteiger partial charge in [-0.1, -0.05) is 18.2 Å². The van der Waals surface area contributed by atoms with Crippen molar-refractivity contribution in [3.05, 3.63) is 59.9 Å². The van der Waals surface area contributed by atoms with Crippen LogP contribution in [0.5, 0.6) is 0 Å². The van der Waals surface area contributed by atoms with Crippen molar-refractivity contribution in [1.29, 1.82) is 0 Å². The third-order valence-electron chi connectivity index (χ3n) is 4.91. The Morgan fingerprint density at radius 1 is 1.17 bits per heavy atom. The number of methoxy groups -OCH3 is 1. The highest BCUT2D eigenvalue weighted by Crippen LogP contribution is 2.20. The molecule has 0 bridgehead atoms. The molecule has 160 valence electrons. The first-order valence-corrected chi connectivity index (χ1v) is 9.96. The Labute approximate surface area is 175 Å². The van der Waals surface area contributed by atoms with Gasteiger partial charge in [-0.25, -0.2) is 9.18 Å². The molecule has 0 aromatic heterocycles. The molecule has 2 aromatic rings. The molecule has 30 heavy (non-hydrogen) atoms. The topological polar surface area (TPSA) is 77.4 Å². The van der Waals surface area contributed by atoms with E-state index in [4.69, 9.17) is 4.74 Å². The van der Waals surface area contributed by atoms with E-state index >= 15 is 0 Å². The summed E-state index contributed by atoms with van der Waals surface area (Å²) in [5.41, 5.74) is 1.48. The predicted molar refractivity (Wildman–Crippen MR) is 116 cm³/mol. The van der Waals surface area contributed by atoms with Crippen molar-refractivity contribution in [3.63, 3.8) is 0 Å². The monoisotopic (exact) mass is 414 g/mol. The van der Waals surface area contributed by atoms with Gasteiger partial charge in [-0.15, -0.1) is 0 Å². The van der Waals surface area contributed by atoms with E-state index in [2.05, 4.69) is 15.2 Å². The molecule has 1 saturated heterocycles. The fraction of sp³-hybridized carbons (Fsp3) is 0.364. The molecule has 8 heteroatoms. The van der Waals surface area contributed by atoms with Gasteiger partial charge in [0, 0.05) is 52.1 Å². The lowest BCUT2D eigenvalue weighted by molar-refractivity contribution is 0.0697. The number of halogens is 1. The van der Waals surface area contributed by atoms with Gasteiger partial charge < -0.3 is 25.0 Å². The number of piperazine rings is 1. The van der Waals surface area contributed by atoms with Crippen LogP contribution >= 0.6 is 0 Å². The van der Waals surface area contributed by atoms with Gasteiger partial charge in [0.2, 0.25) is 0 Å². The Morgan fingerprint density at radius 3 is 2.63 bits per heavy atom. The second-order valence-electron chi connectivity index (χ2n) is 6.99. The van der Waals surface area contributed by atoms with Gasteiger partial charge in [0.05, 0.1) is 11.3 Å². The van der Waals surface area contributed by atoms with Crippen LogP contribution in [0.3, 0.4) is 0 Å². The SMILES string of the molecule is COCCCN=C(Nc1cccc(C(=O)O)c1)N1CCN(c2ccccc2F)CC1. The van der Waals surface area contributed by atoms with E-state index in [-0.39, 0.29) is 11.4 Å². The number of nitrogens with one attached hydrogen (secondary N) is 1. The van der Waals surface area contributed by atoms with E-state index in [1.54, 1.807) is 37.4 Å². The highest BCUT2D eigenvalue weighted by Gasteiger charge is 2.22. The van der Waals surface area contributed by atoms with Crippen molar-refractivity contribution in [3.8, 4) is 0 Å². The molecule has 0 radical (unpaired) electrons. The molecule has 1 fully saturated rings. The van der Waals surface area contributed by atoms with Crippen molar-refractivity contribution >= 4 is 23.3 Å². The van der Waals surface area contributed by atoms with E-state index < -0.39 is 5.97 Å². The van der Waals surface area contributed by atoms with Crippen LogP contribution in [0.4, 0.5) is 15.8 Å². The Kier molecular flexibility index (Phi) is 7.62. The number of para-hydroxylation sites is 1. The lowest BCUT2D eigenvalue weighted by Gasteiger charge is -2.37. The molecule has 1 heterocycles. The highest BCUT2D eigenvalue weighted by molar-refractivity contribution is 5.96. The number of carbonyl (C=O) groups is 1. The van der Waals surface area contributed by atoms with E-state index in [1.165, 1.54) is 6.07 Å². The van der Waals surface area contributed by atoms with Crippen LogP contribution in [0, 0.1) is 5.82 Å². The summed E-state index contributed by atoms with van der Waals surface area (Å²) in [6.07, 6.45) is 0.784. The minimum Gasteiger partial charge on any atom is -0.478 e. The number of carboxylic acids is 1. The molecule has 0 atom stereocenters. The zero-order chi connectivity index (χ0) is 21.3. The largest absolute Gasteiger partial charge is 0.478 e. The number of rotatable bonds is 7. The molecule has 1 aliphatic rings. The van der Waals surface area contributed by atoms with Crippen LogP contribution in [0.15, 0.2) is 53.5 Å². The highest BCUT2D eigenvalue weighted by atomic mass is 19.1. The number of guanidine groups is 1. The van der Waals surface area contributed by atoms with E-state index in [0.717, 1.165) is 6.42 Å². The number of carboxylic acid groups (broad SMARTS) is 1. The molecule has 0 amide bonds. The number of aromatic carboxylic acids is 1. The van der Waals surface area contributed by atoms with Crippen molar-refractivity contribution in [2.24, 2.45) is 4.99 Å². The molecule has 3 rings (SSSR count). The third kappa shape index (κ3) is 5.70. The summed E-state index contributed by atoms with van der Waals surface area (Å²) < 4.78 is 19.2. The normalized spacial score (nSPS) is 14.7. The summed E-state index contributed by atoms with van der Waals surface area (Å²) in [4.78, 5) is 20.1. The van der Waals surface area contributed by atoms with Gasteiger partial charge >= 0.3 is 5.97 Å². The number of nitrogens with zero attached hydrogens (tertiary/aromatic N) is 3. The van der Waals surface area contributed by atoms with Crippen LogP contribution in [0.25, 0.3) is 0 Å². The quantitative estimate of drug-likeness (QED) is 0.412. The third-order valence-corrected chi connectivity index (χ3v) is 4.91. The number of ether oxygens (including phenoxy) is 1. The standard InChI is InChI=1S/C22H27FN4O3/c1-30-15-5-10-24-22(25-18-7-4-6-17(16-18)21(28)29)27-13-11-26(12-14-27)20-9-3-2-8-19(20)23/h2-4,6-9,16H,5,10-15H2,1H3,(H,24,25)(H,28,29). The number of hydrogen-bond donors (Lipinski definition) is 2.